The molecule has 0 amide bonds. The lowest BCUT2D eigenvalue weighted by atomic mass is 9.79. The van der Waals surface area contributed by atoms with Crippen molar-refractivity contribution in [3.05, 3.63) is 47.5 Å². The van der Waals surface area contributed by atoms with Crippen LogP contribution in [0.1, 0.15) is 11.1 Å². The van der Waals surface area contributed by atoms with Gasteiger partial charge in [-0.05, 0) is 34.8 Å². The third-order valence-electron chi connectivity index (χ3n) is 3.60. The van der Waals surface area contributed by atoms with Gasteiger partial charge in [-0.2, -0.15) is 0 Å². The summed E-state index contributed by atoms with van der Waals surface area (Å²) in [4.78, 5) is 0.0546. The van der Waals surface area contributed by atoms with Crippen LogP contribution in [0, 0.1) is 0 Å². The van der Waals surface area contributed by atoms with Crippen molar-refractivity contribution in [1.29, 1.82) is 0 Å². The third-order valence-corrected chi connectivity index (χ3v) is 5.35. The van der Waals surface area contributed by atoms with Gasteiger partial charge in [0.1, 0.15) is 0 Å². The number of hydrogen-bond acceptors (Lipinski definition) is 6. The molecular formula is C14H15BN2O4S. The van der Waals surface area contributed by atoms with Crippen LogP contribution in [0.25, 0.3) is 0 Å². The van der Waals surface area contributed by atoms with E-state index < -0.39 is 17.0 Å². The van der Waals surface area contributed by atoms with E-state index in [-0.39, 0.29) is 16.3 Å². The van der Waals surface area contributed by atoms with E-state index in [1.807, 2.05) is 0 Å². The largest absolute Gasteiger partial charge is 0.491 e. The number of rotatable bonds is 3. The van der Waals surface area contributed by atoms with Crippen LogP contribution in [-0.4, -0.2) is 20.6 Å². The number of hydrogen-bond donors (Lipinski definition) is 3. The van der Waals surface area contributed by atoms with Crippen molar-refractivity contribution in [2.24, 2.45) is 0 Å². The molecule has 1 heterocycles. The SMILES string of the molecule is Nc1ccc(S(=O)(=O)Cc2ccc3c(c2)B(O)OC3)c(N)c1. The molecule has 0 atom stereocenters. The lowest BCUT2D eigenvalue weighted by Crippen LogP contribution is -2.28. The molecule has 22 heavy (non-hydrogen) atoms. The first-order valence-corrected chi connectivity index (χ1v) is 8.31. The Balaban J connectivity index is 1.93. The van der Waals surface area contributed by atoms with Gasteiger partial charge in [-0.3, -0.25) is 0 Å². The Labute approximate surface area is 128 Å². The summed E-state index contributed by atoms with van der Waals surface area (Å²) in [6, 6.07) is 9.47. The van der Waals surface area contributed by atoms with Crippen LogP contribution in [0.2, 0.25) is 0 Å². The molecule has 0 radical (unpaired) electrons. The number of sulfone groups is 1. The van der Waals surface area contributed by atoms with Crippen molar-refractivity contribution in [2.45, 2.75) is 17.3 Å². The van der Waals surface area contributed by atoms with Crippen molar-refractivity contribution < 1.29 is 18.1 Å². The van der Waals surface area contributed by atoms with Crippen molar-refractivity contribution in [3.8, 4) is 0 Å². The lowest BCUT2D eigenvalue weighted by molar-refractivity contribution is 0.275. The number of fused-ring (bicyclic) bond motifs is 1. The summed E-state index contributed by atoms with van der Waals surface area (Å²) in [5.41, 5.74) is 13.9. The fraction of sp³-hybridized carbons (Fsp3) is 0.143. The molecule has 8 heteroatoms. The second-order valence-corrected chi connectivity index (χ2v) is 7.21. The molecule has 2 aromatic rings. The minimum Gasteiger partial charge on any atom is -0.423 e. The monoisotopic (exact) mass is 318 g/mol. The smallest absolute Gasteiger partial charge is 0.423 e. The van der Waals surface area contributed by atoms with Gasteiger partial charge >= 0.3 is 7.12 Å². The van der Waals surface area contributed by atoms with Crippen LogP contribution in [0.4, 0.5) is 11.4 Å². The first kappa shape index (κ1) is 14.9. The minimum absolute atomic E-state index is 0.0546. The highest BCUT2D eigenvalue weighted by molar-refractivity contribution is 7.90. The van der Waals surface area contributed by atoms with Gasteiger partial charge < -0.3 is 21.1 Å². The molecule has 3 rings (SSSR count). The number of benzene rings is 2. The average molecular weight is 318 g/mol. The van der Waals surface area contributed by atoms with Crippen molar-refractivity contribution in [3.63, 3.8) is 0 Å². The molecule has 0 aromatic heterocycles. The number of nitrogen functional groups attached to an aromatic ring is 2. The topological polar surface area (TPSA) is 116 Å². The van der Waals surface area contributed by atoms with E-state index >= 15 is 0 Å². The van der Waals surface area contributed by atoms with Gasteiger partial charge in [0.15, 0.2) is 9.84 Å². The summed E-state index contributed by atoms with van der Waals surface area (Å²) in [6.07, 6.45) is 0. The molecule has 0 bridgehead atoms. The van der Waals surface area contributed by atoms with Gasteiger partial charge in [0.25, 0.3) is 0 Å². The third kappa shape index (κ3) is 2.68. The molecule has 0 spiro atoms. The van der Waals surface area contributed by atoms with Crippen LogP contribution in [-0.2, 0) is 26.9 Å². The van der Waals surface area contributed by atoms with E-state index in [1.54, 1.807) is 18.2 Å². The van der Waals surface area contributed by atoms with E-state index in [0.29, 0.717) is 23.3 Å². The summed E-state index contributed by atoms with van der Waals surface area (Å²) in [5, 5.41) is 9.69. The van der Waals surface area contributed by atoms with E-state index in [1.165, 1.54) is 18.2 Å². The fourth-order valence-corrected chi connectivity index (χ4v) is 3.97. The van der Waals surface area contributed by atoms with Gasteiger partial charge in [0, 0.05) is 5.69 Å². The quantitative estimate of drug-likeness (QED) is 0.544. The van der Waals surface area contributed by atoms with Crippen LogP contribution in [0.3, 0.4) is 0 Å². The van der Waals surface area contributed by atoms with E-state index in [4.69, 9.17) is 16.1 Å². The van der Waals surface area contributed by atoms with Gasteiger partial charge in [0.05, 0.1) is 22.9 Å². The van der Waals surface area contributed by atoms with Gasteiger partial charge in [-0.1, -0.05) is 18.2 Å². The van der Waals surface area contributed by atoms with Crippen LogP contribution >= 0.6 is 0 Å². The molecule has 1 aliphatic rings. The molecule has 5 N–H and O–H groups in total. The Hall–Kier alpha value is -2.03. The maximum Gasteiger partial charge on any atom is 0.491 e. The molecule has 114 valence electrons. The summed E-state index contributed by atoms with van der Waals surface area (Å²) >= 11 is 0. The van der Waals surface area contributed by atoms with Crippen molar-refractivity contribution in [1.82, 2.24) is 0 Å². The second kappa shape index (κ2) is 5.31. The fourth-order valence-electron chi connectivity index (χ4n) is 2.50. The zero-order valence-electron chi connectivity index (χ0n) is 11.7. The maximum atomic E-state index is 12.5. The van der Waals surface area contributed by atoms with Gasteiger partial charge in [0.2, 0.25) is 0 Å². The molecule has 2 aromatic carbocycles. The Morgan fingerprint density at radius 2 is 1.95 bits per heavy atom. The minimum atomic E-state index is -3.60. The normalized spacial score (nSPS) is 14.1. The molecule has 0 saturated heterocycles. The summed E-state index contributed by atoms with van der Waals surface area (Å²) < 4.78 is 30.1. The van der Waals surface area contributed by atoms with Gasteiger partial charge in [-0.15, -0.1) is 0 Å². The Morgan fingerprint density at radius 1 is 1.18 bits per heavy atom. The lowest BCUT2D eigenvalue weighted by Gasteiger charge is -2.09. The molecule has 1 aliphatic heterocycles. The first-order chi connectivity index (χ1) is 10.4. The highest BCUT2D eigenvalue weighted by Gasteiger charge is 2.28. The molecule has 0 aliphatic carbocycles. The predicted molar refractivity (Wildman–Crippen MR) is 85.0 cm³/mol. The molecule has 0 saturated carbocycles. The van der Waals surface area contributed by atoms with E-state index in [0.717, 1.165) is 5.56 Å². The van der Waals surface area contributed by atoms with E-state index in [2.05, 4.69) is 0 Å². The number of nitrogens with two attached hydrogens (primary N) is 2. The summed E-state index contributed by atoms with van der Waals surface area (Å²) in [5.74, 6) is -0.207. The van der Waals surface area contributed by atoms with Crippen LogP contribution in [0.15, 0.2) is 41.3 Å². The standard InChI is InChI=1S/C14H15BN2O4S/c16-11-3-4-14(13(17)6-11)22(19,20)8-9-1-2-10-7-21-15(18)12(10)5-9/h1-6,18H,7-8,16-17H2. The molecular weight excluding hydrogens is 303 g/mol. The Morgan fingerprint density at radius 3 is 2.68 bits per heavy atom. The van der Waals surface area contributed by atoms with Crippen molar-refractivity contribution >= 4 is 33.8 Å². The molecule has 0 fully saturated rings. The Kier molecular flexibility index (Phi) is 3.60. The Bertz CT molecular complexity index is 839. The first-order valence-electron chi connectivity index (χ1n) is 6.66. The van der Waals surface area contributed by atoms with Crippen LogP contribution < -0.4 is 16.9 Å². The highest BCUT2D eigenvalue weighted by atomic mass is 32.2. The highest BCUT2D eigenvalue weighted by Crippen LogP contribution is 2.25. The van der Waals surface area contributed by atoms with Crippen molar-refractivity contribution in [2.75, 3.05) is 11.5 Å². The summed E-state index contributed by atoms with van der Waals surface area (Å²) in [7, 11) is -4.60. The average Bonchev–Trinajstić information content (AvgIpc) is 2.79. The number of anilines is 2. The van der Waals surface area contributed by atoms with Crippen LogP contribution in [0.5, 0.6) is 0 Å². The maximum absolute atomic E-state index is 12.5. The summed E-state index contributed by atoms with van der Waals surface area (Å²) in [6.45, 7) is 0.328. The molecule has 0 unspecified atom stereocenters. The van der Waals surface area contributed by atoms with E-state index in [9.17, 15) is 13.4 Å². The molecule has 6 nitrogen and oxygen atoms in total. The zero-order chi connectivity index (χ0) is 15.9. The second-order valence-electron chi connectivity index (χ2n) is 5.25. The predicted octanol–water partition coefficient (Wildman–Crippen LogP) is 0.0426. The van der Waals surface area contributed by atoms with Gasteiger partial charge in [-0.25, -0.2) is 8.42 Å². The zero-order valence-corrected chi connectivity index (χ0v) is 12.5.